The fourth-order valence-corrected chi connectivity index (χ4v) is 4.26. The Morgan fingerprint density at radius 2 is 2.36 bits per heavy atom. The summed E-state index contributed by atoms with van der Waals surface area (Å²) in [5, 5.41) is 6.21. The molecule has 1 aromatic carbocycles. The van der Waals surface area contributed by atoms with E-state index in [1.165, 1.54) is 23.5 Å². The number of hydrogen-bond donors (Lipinski definition) is 1. The molecule has 112 valence electrons. The number of amides is 1. The van der Waals surface area contributed by atoms with Crippen LogP contribution in [0.4, 0.5) is 9.52 Å². The van der Waals surface area contributed by atoms with Crippen molar-refractivity contribution in [3.05, 3.63) is 35.1 Å². The molecular formula is C14H11FN4OS2. The predicted octanol–water partition coefficient (Wildman–Crippen LogP) is 3.02. The van der Waals surface area contributed by atoms with Gasteiger partial charge in [-0.25, -0.2) is 9.37 Å². The standard InChI is InChI=1S/C14H11FN4OS2/c15-8-1-2-10-11(5-8)22-13(17-10)18-12(20)6-9-7-21-14-16-3-4-19(9)14/h1-2,5,7H,3-4,6H2,(H,17,18,20). The Morgan fingerprint density at radius 3 is 3.27 bits per heavy atom. The molecular weight excluding hydrogens is 323 g/mol. The number of fused-ring (bicyclic) bond motifs is 2. The summed E-state index contributed by atoms with van der Waals surface area (Å²) in [5.41, 5.74) is 1.65. The molecule has 22 heavy (non-hydrogen) atoms. The lowest BCUT2D eigenvalue weighted by Crippen LogP contribution is -2.24. The fraction of sp³-hybridized carbons (Fsp3) is 0.214. The molecule has 0 atom stereocenters. The number of halogens is 1. The largest absolute Gasteiger partial charge is 0.322 e. The van der Waals surface area contributed by atoms with Gasteiger partial charge in [0, 0.05) is 12.2 Å². The third kappa shape index (κ3) is 2.48. The number of nitrogens with one attached hydrogen (secondary N) is 1. The summed E-state index contributed by atoms with van der Waals surface area (Å²) < 4.78 is 13.9. The summed E-state index contributed by atoms with van der Waals surface area (Å²) in [7, 11) is 0. The minimum absolute atomic E-state index is 0.125. The molecule has 1 N–H and O–H groups in total. The molecule has 0 saturated carbocycles. The Labute approximate surface area is 133 Å². The summed E-state index contributed by atoms with van der Waals surface area (Å²) >= 11 is 2.83. The zero-order chi connectivity index (χ0) is 15.1. The lowest BCUT2D eigenvalue weighted by Gasteiger charge is -2.15. The molecule has 0 saturated heterocycles. The molecule has 1 aromatic heterocycles. The molecule has 3 heterocycles. The minimum Gasteiger partial charge on any atom is -0.322 e. The monoisotopic (exact) mass is 334 g/mol. The van der Waals surface area contributed by atoms with E-state index < -0.39 is 0 Å². The summed E-state index contributed by atoms with van der Waals surface area (Å²) in [4.78, 5) is 22.9. The Bertz CT molecular complexity index is 829. The number of amidine groups is 1. The number of anilines is 1. The maximum Gasteiger partial charge on any atom is 0.232 e. The van der Waals surface area contributed by atoms with Crippen LogP contribution in [0.5, 0.6) is 0 Å². The van der Waals surface area contributed by atoms with Crippen molar-refractivity contribution >= 4 is 49.5 Å². The van der Waals surface area contributed by atoms with Gasteiger partial charge in [0.25, 0.3) is 0 Å². The van der Waals surface area contributed by atoms with Gasteiger partial charge in [0.2, 0.25) is 5.91 Å². The smallest absolute Gasteiger partial charge is 0.232 e. The summed E-state index contributed by atoms with van der Waals surface area (Å²) in [6, 6.07) is 4.40. The molecule has 2 aliphatic heterocycles. The van der Waals surface area contributed by atoms with E-state index in [2.05, 4.69) is 20.2 Å². The maximum atomic E-state index is 13.2. The van der Waals surface area contributed by atoms with Crippen molar-refractivity contribution in [3.8, 4) is 0 Å². The average molecular weight is 334 g/mol. The molecule has 4 rings (SSSR count). The van der Waals surface area contributed by atoms with Crippen LogP contribution in [0, 0.1) is 5.82 Å². The van der Waals surface area contributed by atoms with Gasteiger partial charge in [-0.3, -0.25) is 9.79 Å². The van der Waals surface area contributed by atoms with E-state index >= 15 is 0 Å². The highest BCUT2D eigenvalue weighted by Crippen LogP contribution is 2.31. The number of nitrogens with zero attached hydrogens (tertiary/aromatic N) is 3. The Kier molecular flexibility index (Phi) is 3.34. The van der Waals surface area contributed by atoms with Crippen molar-refractivity contribution in [2.75, 3.05) is 18.4 Å². The molecule has 2 aliphatic rings. The number of thioether (sulfide) groups is 1. The lowest BCUT2D eigenvalue weighted by molar-refractivity contribution is -0.115. The van der Waals surface area contributed by atoms with E-state index in [0.29, 0.717) is 10.6 Å². The predicted molar refractivity (Wildman–Crippen MR) is 87.5 cm³/mol. The van der Waals surface area contributed by atoms with Crippen molar-refractivity contribution < 1.29 is 9.18 Å². The molecule has 0 spiro atoms. The van der Waals surface area contributed by atoms with Gasteiger partial charge in [-0.05, 0) is 23.6 Å². The van der Waals surface area contributed by atoms with E-state index in [0.717, 1.165) is 28.7 Å². The highest BCUT2D eigenvalue weighted by molar-refractivity contribution is 8.16. The maximum absolute atomic E-state index is 13.2. The van der Waals surface area contributed by atoms with Crippen molar-refractivity contribution in [1.29, 1.82) is 0 Å². The number of carbonyl (C=O) groups excluding carboxylic acids is 1. The summed E-state index contributed by atoms with van der Waals surface area (Å²) in [6.45, 7) is 1.62. The van der Waals surface area contributed by atoms with Gasteiger partial charge in [-0.1, -0.05) is 23.1 Å². The Morgan fingerprint density at radius 1 is 1.45 bits per heavy atom. The van der Waals surface area contributed by atoms with Crippen LogP contribution in [0.2, 0.25) is 0 Å². The molecule has 1 amide bonds. The van der Waals surface area contributed by atoms with Crippen LogP contribution in [0.3, 0.4) is 0 Å². The Balaban J connectivity index is 1.46. The first-order chi connectivity index (χ1) is 10.7. The molecule has 0 radical (unpaired) electrons. The topological polar surface area (TPSA) is 57.6 Å². The highest BCUT2D eigenvalue weighted by Gasteiger charge is 2.27. The van der Waals surface area contributed by atoms with Crippen LogP contribution in [0.15, 0.2) is 34.3 Å². The lowest BCUT2D eigenvalue weighted by atomic mass is 10.3. The first kappa shape index (κ1) is 13.7. The molecule has 8 heteroatoms. The van der Waals surface area contributed by atoms with Crippen LogP contribution in [-0.4, -0.2) is 34.0 Å². The second-order valence-electron chi connectivity index (χ2n) is 4.90. The molecule has 5 nitrogen and oxygen atoms in total. The van der Waals surface area contributed by atoms with E-state index in [4.69, 9.17) is 0 Å². The summed E-state index contributed by atoms with van der Waals surface area (Å²) in [5.74, 6) is -0.428. The average Bonchev–Trinajstić information content (AvgIpc) is 3.15. The third-order valence-electron chi connectivity index (χ3n) is 3.39. The second kappa shape index (κ2) is 5.36. The minimum atomic E-state index is -0.303. The van der Waals surface area contributed by atoms with Crippen molar-refractivity contribution in [2.24, 2.45) is 4.99 Å². The first-order valence-corrected chi connectivity index (χ1v) is 8.42. The van der Waals surface area contributed by atoms with Crippen molar-refractivity contribution in [2.45, 2.75) is 6.42 Å². The van der Waals surface area contributed by atoms with Crippen molar-refractivity contribution in [1.82, 2.24) is 9.88 Å². The van der Waals surface area contributed by atoms with Crippen LogP contribution >= 0.6 is 23.1 Å². The van der Waals surface area contributed by atoms with Gasteiger partial charge in [0.05, 0.1) is 23.2 Å². The third-order valence-corrected chi connectivity index (χ3v) is 5.27. The van der Waals surface area contributed by atoms with E-state index in [9.17, 15) is 9.18 Å². The number of benzene rings is 1. The van der Waals surface area contributed by atoms with Crippen LogP contribution < -0.4 is 5.32 Å². The number of carbonyl (C=O) groups is 1. The normalized spacial score (nSPS) is 16.7. The molecule has 0 fully saturated rings. The number of aromatic nitrogens is 1. The van der Waals surface area contributed by atoms with Crippen molar-refractivity contribution in [3.63, 3.8) is 0 Å². The van der Waals surface area contributed by atoms with Crippen LogP contribution in [0.25, 0.3) is 10.2 Å². The SMILES string of the molecule is O=C(CC1=CSC2=NCCN12)Nc1nc2ccc(F)cc2s1. The van der Waals surface area contributed by atoms with Gasteiger partial charge in [0.1, 0.15) is 5.82 Å². The van der Waals surface area contributed by atoms with Gasteiger partial charge in [0.15, 0.2) is 10.3 Å². The highest BCUT2D eigenvalue weighted by atomic mass is 32.2. The number of rotatable bonds is 3. The zero-order valence-corrected chi connectivity index (χ0v) is 13.0. The summed E-state index contributed by atoms with van der Waals surface area (Å²) in [6.07, 6.45) is 0.288. The zero-order valence-electron chi connectivity index (χ0n) is 11.4. The molecule has 0 bridgehead atoms. The fourth-order valence-electron chi connectivity index (χ4n) is 2.40. The Hall–Kier alpha value is -1.93. The van der Waals surface area contributed by atoms with Crippen LogP contribution in [0.1, 0.15) is 6.42 Å². The van der Waals surface area contributed by atoms with Gasteiger partial charge >= 0.3 is 0 Å². The quantitative estimate of drug-likeness (QED) is 0.937. The van der Waals surface area contributed by atoms with Crippen LogP contribution in [-0.2, 0) is 4.79 Å². The molecule has 0 unspecified atom stereocenters. The van der Waals surface area contributed by atoms with Gasteiger partial charge in [-0.2, -0.15) is 0 Å². The van der Waals surface area contributed by atoms with E-state index in [1.807, 2.05) is 5.41 Å². The number of thiazole rings is 1. The molecule has 0 aliphatic carbocycles. The number of hydrogen-bond acceptors (Lipinski definition) is 6. The molecule has 2 aromatic rings. The first-order valence-electron chi connectivity index (χ1n) is 6.73. The second-order valence-corrected chi connectivity index (χ2v) is 6.77. The van der Waals surface area contributed by atoms with Gasteiger partial charge < -0.3 is 10.2 Å². The van der Waals surface area contributed by atoms with Gasteiger partial charge in [-0.15, -0.1) is 0 Å². The van der Waals surface area contributed by atoms with E-state index in [-0.39, 0.29) is 18.1 Å². The number of aliphatic imine (C=N–C) groups is 1. The van der Waals surface area contributed by atoms with E-state index in [1.54, 1.807) is 17.8 Å².